The van der Waals surface area contributed by atoms with Crippen molar-refractivity contribution < 1.29 is 14.3 Å². The van der Waals surface area contributed by atoms with Crippen LogP contribution in [0, 0.1) is 0 Å². The highest BCUT2D eigenvalue weighted by molar-refractivity contribution is 5.78. The third-order valence-electron chi connectivity index (χ3n) is 5.71. The minimum atomic E-state index is 0.0395. The molecule has 1 amide bonds. The van der Waals surface area contributed by atoms with Gasteiger partial charge in [0.1, 0.15) is 5.82 Å². The van der Waals surface area contributed by atoms with E-state index in [2.05, 4.69) is 25.8 Å². The van der Waals surface area contributed by atoms with Gasteiger partial charge in [0, 0.05) is 33.1 Å². The number of aryl methyl sites for hydroxylation is 1. The van der Waals surface area contributed by atoms with Gasteiger partial charge in [0.15, 0.2) is 11.5 Å². The van der Waals surface area contributed by atoms with Crippen LogP contribution in [0.1, 0.15) is 17.0 Å². The molecular weight excluding hydrogens is 380 g/mol. The standard InChI is InChI=1S/C23H28N4O3/c1-26-19-7-5-4-6-18(19)25-22(26)8-10-24-23(28)15-27-11-9-16-12-20(29-2)21(30-3)13-17(16)14-27/h4-7,12-13H,8-11,14-15H2,1-3H3,(H,24,28). The summed E-state index contributed by atoms with van der Waals surface area (Å²) in [5, 5.41) is 3.04. The predicted molar refractivity (Wildman–Crippen MR) is 116 cm³/mol. The van der Waals surface area contributed by atoms with Crippen molar-refractivity contribution in [2.45, 2.75) is 19.4 Å². The Bertz CT molecular complexity index is 1060. The lowest BCUT2D eigenvalue weighted by Crippen LogP contribution is -2.40. The van der Waals surface area contributed by atoms with Crippen molar-refractivity contribution >= 4 is 16.9 Å². The molecule has 0 saturated carbocycles. The Kier molecular flexibility index (Phi) is 5.90. The lowest BCUT2D eigenvalue weighted by molar-refractivity contribution is -0.122. The van der Waals surface area contributed by atoms with Crippen molar-refractivity contribution in [1.82, 2.24) is 19.8 Å². The summed E-state index contributed by atoms with van der Waals surface area (Å²) in [6, 6.07) is 12.1. The minimum Gasteiger partial charge on any atom is -0.493 e. The molecule has 1 aromatic heterocycles. The van der Waals surface area contributed by atoms with Crippen molar-refractivity contribution in [1.29, 1.82) is 0 Å². The SMILES string of the molecule is COc1cc2c(cc1OC)CN(CC(=O)NCCc1nc3ccccc3n1C)CC2. The number of amides is 1. The Morgan fingerprint density at radius 2 is 1.87 bits per heavy atom. The van der Waals surface area contributed by atoms with Crippen LogP contribution in [-0.4, -0.2) is 54.2 Å². The number of hydrogen-bond donors (Lipinski definition) is 1. The third kappa shape index (κ3) is 4.11. The van der Waals surface area contributed by atoms with Crippen molar-refractivity contribution in [2.24, 2.45) is 7.05 Å². The molecule has 30 heavy (non-hydrogen) atoms. The number of ether oxygens (including phenoxy) is 2. The number of aromatic nitrogens is 2. The predicted octanol–water partition coefficient (Wildman–Crippen LogP) is 2.31. The van der Waals surface area contributed by atoms with E-state index in [4.69, 9.17) is 9.47 Å². The van der Waals surface area contributed by atoms with E-state index in [1.165, 1.54) is 11.1 Å². The van der Waals surface area contributed by atoms with Crippen molar-refractivity contribution in [3.05, 3.63) is 53.3 Å². The number of rotatable bonds is 7. The largest absolute Gasteiger partial charge is 0.493 e. The number of methoxy groups -OCH3 is 2. The van der Waals surface area contributed by atoms with Gasteiger partial charge in [0.05, 0.1) is 31.8 Å². The van der Waals surface area contributed by atoms with Crippen LogP contribution >= 0.6 is 0 Å². The topological polar surface area (TPSA) is 68.6 Å². The number of fused-ring (bicyclic) bond motifs is 2. The lowest BCUT2D eigenvalue weighted by atomic mass is 9.99. The van der Waals surface area contributed by atoms with Crippen LogP contribution in [0.4, 0.5) is 0 Å². The second kappa shape index (κ2) is 8.75. The fraction of sp³-hybridized carbons (Fsp3) is 0.391. The van der Waals surface area contributed by atoms with E-state index in [0.29, 0.717) is 19.5 Å². The van der Waals surface area contributed by atoms with Gasteiger partial charge in [-0.15, -0.1) is 0 Å². The maximum absolute atomic E-state index is 12.5. The average Bonchev–Trinajstić information content (AvgIpc) is 3.08. The number of hydrogen-bond acceptors (Lipinski definition) is 5. The third-order valence-corrected chi connectivity index (χ3v) is 5.71. The first-order chi connectivity index (χ1) is 14.6. The van der Waals surface area contributed by atoms with E-state index in [1.807, 2.05) is 37.4 Å². The van der Waals surface area contributed by atoms with Crippen LogP contribution in [0.2, 0.25) is 0 Å². The molecule has 0 aliphatic carbocycles. The summed E-state index contributed by atoms with van der Waals surface area (Å²) < 4.78 is 12.9. The maximum atomic E-state index is 12.5. The number of carbonyl (C=O) groups excluding carboxylic acids is 1. The van der Waals surface area contributed by atoms with E-state index in [0.717, 1.165) is 47.9 Å². The highest BCUT2D eigenvalue weighted by atomic mass is 16.5. The zero-order valence-corrected chi connectivity index (χ0v) is 17.8. The first kappa shape index (κ1) is 20.2. The van der Waals surface area contributed by atoms with Gasteiger partial charge in [-0.25, -0.2) is 4.98 Å². The molecule has 7 nitrogen and oxygen atoms in total. The normalized spacial score (nSPS) is 13.8. The molecule has 1 aliphatic heterocycles. The van der Waals surface area contributed by atoms with Gasteiger partial charge in [0.2, 0.25) is 5.91 Å². The Hall–Kier alpha value is -3.06. The van der Waals surface area contributed by atoms with Crippen LogP contribution in [-0.2, 0) is 31.2 Å². The first-order valence-electron chi connectivity index (χ1n) is 10.2. The number of para-hydroxylation sites is 2. The second-order valence-corrected chi connectivity index (χ2v) is 7.61. The van der Waals surface area contributed by atoms with Crippen LogP contribution in [0.3, 0.4) is 0 Å². The van der Waals surface area contributed by atoms with Crippen molar-refractivity contribution in [3.8, 4) is 11.5 Å². The van der Waals surface area contributed by atoms with Gasteiger partial charge in [-0.1, -0.05) is 12.1 Å². The van der Waals surface area contributed by atoms with Gasteiger partial charge in [-0.05, 0) is 41.8 Å². The molecule has 0 fully saturated rings. The molecule has 3 aromatic rings. The molecule has 0 spiro atoms. The molecule has 0 saturated heterocycles. The van der Waals surface area contributed by atoms with Gasteiger partial charge in [-0.3, -0.25) is 9.69 Å². The van der Waals surface area contributed by atoms with Gasteiger partial charge < -0.3 is 19.4 Å². The molecule has 0 atom stereocenters. The molecule has 7 heteroatoms. The van der Waals surface area contributed by atoms with E-state index in [-0.39, 0.29) is 5.91 Å². The highest BCUT2D eigenvalue weighted by Crippen LogP contribution is 2.33. The molecule has 0 bridgehead atoms. The number of nitrogens with one attached hydrogen (secondary N) is 1. The zero-order valence-electron chi connectivity index (χ0n) is 17.8. The smallest absolute Gasteiger partial charge is 0.234 e. The fourth-order valence-electron chi connectivity index (χ4n) is 4.07. The number of nitrogens with zero attached hydrogens (tertiary/aromatic N) is 3. The van der Waals surface area contributed by atoms with Crippen LogP contribution < -0.4 is 14.8 Å². The molecule has 1 N–H and O–H groups in total. The zero-order chi connectivity index (χ0) is 21.1. The average molecular weight is 409 g/mol. The molecule has 4 rings (SSSR count). The number of benzene rings is 2. The molecule has 2 aromatic carbocycles. The number of carbonyl (C=O) groups is 1. The minimum absolute atomic E-state index is 0.0395. The summed E-state index contributed by atoms with van der Waals surface area (Å²) in [5.74, 6) is 2.50. The van der Waals surface area contributed by atoms with Gasteiger partial charge >= 0.3 is 0 Å². The second-order valence-electron chi connectivity index (χ2n) is 7.61. The maximum Gasteiger partial charge on any atom is 0.234 e. The first-order valence-corrected chi connectivity index (χ1v) is 10.2. The molecule has 158 valence electrons. The summed E-state index contributed by atoms with van der Waals surface area (Å²) in [6.45, 7) is 2.54. The fourth-order valence-corrected chi connectivity index (χ4v) is 4.07. The Labute approximate surface area is 176 Å². The summed E-state index contributed by atoms with van der Waals surface area (Å²) in [4.78, 5) is 19.3. The van der Waals surface area contributed by atoms with Crippen LogP contribution in [0.5, 0.6) is 11.5 Å². The van der Waals surface area contributed by atoms with E-state index < -0.39 is 0 Å². The Balaban J connectivity index is 1.31. The summed E-state index contributed by atoms with van der Waals surface area (Å²) >= 11 is 0. The number of imidazole rings is 1. The molecule has 0 unspecified atom stereocenters. The van der Waals surface area contributed by atoms with Crippen LogP contribution in [0.15, 0.2) is 36.4 Å². The van der Waals surface area contributed by atoms with E-state index in [9.17, 15) is 4.79 Å². The van der Waals surface area contributed by atoms with Crippen molar-refractivity contribution in [2.75, 3.05) is 33.9 Å². The molecule has 0 radical (unpaired) electrons. The Morgan fingerprint density at radius 3 is 2.60 bits per heavy atom. The van der Waals surface area contributed by atoms with Crippen LogP contribution in [0.25, 0.3) is 11.0 Å². The van der Waals surface area contributed by atoms with Crippen molar-refractivity contribution in [3.63, 3.8) is 0 Å². The molecular formula is C23H28N4O3. The quantitative estimate of drug-likeness (QED) is 0.650. The van der Waals surface area contributed by atoms with Gasteiger partial charge in [-0.2, -0.15) is 0 Å². The highest BCUT2D eigenvalue weighted by Gasteiger charge is 2.21. The lowest BCUT2D eigenvalue weighted by Gasteiger charge is -2.29. The van der Waals surface area contributed by atoms with E-state index in [1.54, 1.807) is 14.2 Å². The van der Waals surface area contributed by atoms with Gasteiger partial charge in [0.25, 0.3) is 0 Å². The summed E-state index contributed by atoms with van der Waals surface area (Å²) in [7, 11) is 5.31. The Morgan fingerprint density at radius 1 is 1.13 bits per heavy atom. The van der Waals surface area contributed by atoms with E-state index >= 15 is 0 Å². The summed E-state index contributed by atoms with van der Waals surface area (Å²) in [6.07, 6.45) is 1.60. The monoisotopic (exact) mass is 408 g/mol. The molecule has 2 heterocycles. The molecule has 1 aliphatic rings. The summed E-state index contributed by atoms with van der Waals surface area (Å²) in [5.41, 5.74) is 4.54.